The largest absolute Gasteiger partial charge is 0.390 e. The molecular weight excluding hydrogens is 324 g/mol. The lowest BCUT2D eigenvalue weighted by molar-refractivity contribution is 0.111. The summed E-state index contributed by atoms with van der Waals surface area (Å²) in [5.41, 5.74) is 2.84. The summed E-state index contributed by atoms with van der Waals surface area (Å²) < 4.78 is 0. The number of fused-ring (bicyclic) bond motifs is 1. The molecule has 2 heterocycles. The predicted octanol–water partition coefficient (Wildman–Crippen LogP) is 2.10. The van der Waals surface area contributed by atoms with Gasteiger partial charge in [0.2, 0.25) is 0 Å². The van der Waals surface area contributed by atoms with E-state index >= 15 is 0 Å². The minimum Gasteiger partial charge on any atom is -0.390 e. The Hall–Kier alpha value is -1.59. The molecule has 2 aliphatic heterocycles. The zero-order chi connectivity index (χ0) is 18.4. The average molecular weight is 359 g/mol. The zero-order valence-electron chi connectivity index (χ0n) is 16.3. The fraction of sp³-hybridized carbons (Fsp3) is 0.667. The van der Waals surface area contributed by atoms with E-state index in [1.165, 1.54) is 24.0 Å². The molecule has 5 nitrogen and oxygen atoms in total. The van der Waals surface area contributed by atoms with Gasteiger partial charge in [-0.25, -0.2) is 0 Å². The van der Waals surface area contributed by atoms with Gasteiger partial charge < -0.3 is 15.3 Å². The molecule has 1 aromatic rings. The van der Waals surface area contributed by atoms with E-state index < -0.39 is 6.10 Å². The van der Waals surface area contributed by atoms with E-state index in [-0.39, 0.29) is 0 Å². The Balaban J connectivity index is 1.53. The lowest BCUT2D eigenvalue weighted by Gasteiger charge is -2.34. The number of guanidine groups is 1. The van der Waals surface area contributed by atoms with Crippen LogP contribution in [0, 0.1) is 5.92 Å². The summed E-state index contributed by atoms with van der Waals surface area (Å²) in [6.45, 7) is 10.5. The van der Waals surface area contributed by atoms with Crippen LogP contribution in [0.4, 0.5) is 0 Å². The van der Waals surface area contributed by atoms with Crippen LogP contribution in [0.1, 0.15) is 37.8 Å². The summed E-state index contributed by atoms with van der Waals surface area (Å²) in [5.74, 6) is 1.67. The molecule has 1 fully saturated rings. The maximum atomic E-state index is 10.5. The third kappa shape index (κ3) is 5.21. The van der Waals surface area contributed by atoms with Crippen molar-refractivity contribution >= 4 is 5.96 Å². The molecule has 26 heavy (non-hydrogen) atoms. The number of likely N-dealkylation sites (tertiary alicyclic amines) is 1. The third-order valence-corrected chi connectivity index (χ3v) is 5.42. The molecule has 5 heteroatoms. The number of aliphatic hydroxyl groups is 1. The number of rotatable bonds is 5. The van der Waals surface area contributed by atoms with Gasteiger partial charge in [-0.1, -0.05) is 31.2 Å². The van der Waals surface area contributed by atoms with E-state index in [4.69, 9.17) is 4.99 Å². The topological polar surface area (TPSA) is 51.1 Å². The summed E-state index contributed by atoms with van der Waals surface area (Å²) in [4.78, 5) is 9.43. The van der Waals surface area contributed by atoms with Gasteiger partial charge in [0.15, 0.2) is 5.96 Å². The number of β-amino-alcohol motifs (C(OH)–C–C–N with tert-alkyl or cyclic N) is 1. The van der Waals surface area contributed by atoms with E-state index in [9.17, 15) is 5.11 Å². The first-order chi connectivity index (χ1) is 12.7. The number of hydrogen-bond acceptors (Lipinski definition) is 3. The van der Waals surface area contributed by atoms with Crippen molar-refractivity contribution in [2.75, 3.05) is 39.3 Å². The molecule has 3 rings (SSSR count). The molecule has 0 spiro atoms. The van der Waals surface area contributed by atoms with Gasteiger partial charge in [0.25, 0.3) is 0 Å². The third-order valence-electron chi connectivity index (χ3n) is 5.42. The minimum absolute atomic E-state index is 0.420. The van der Waals surface area contributed by atoms with Crippen molar-refractivity contribution in [3.05, 3.63) is 35.4 Å². The van der Waals surface area contributed by atoms with Crippen LogP contribution in [0.25, 0.3) is 0 Å². The number of aliphatic imine (C=N–C) groups is 1. The molecule has 144 valence electrons. The average Bonchev–Trinajstić information content (AvgIpc) is 2.65. The normalized spacial score (nSPS) is 22.8. The highest BCUT2D eigenvalue weighted by molar-refractivity contribution is 5.80. The Kier molecular flexibility index (Phi) is 6.92. The number of nitrogens with one attached hydrogen (secondary N) is 1. The molecule has 1 saturated heterocycles. The van der Waals surface area contributed by atoms with E-state index in [0.717, 1.165) is 45.1 Å². The predicted molar refractivity (Wildman–Crippen MR) is 107 cm³/mol. The van der Waals surface area contributed by atoms with Crippen LogP contribution in [0.5, 0.6) is 0 Å². The van der Waals surface area contributed by atoms with E-state index in [2.05, 4.69) is 53.2 Å². The molecule has 2 atom stereocenters. The second-order valence-electron chi connectivity index (χ2n) is 7.80. The fourth-order valence-corrected chi connectivity index (χ4v) is 4.07. The van der Waals surface area contributed by atoms with Crippen molar-refractivity contribution in [2.45, 2.75) is 45.8 Å². The Bertz CT molecular complexity index is 603. The second kappa shape index (κ2) is 9.38. The first kappa shape index (κ1) is 19.2. The number of piperidine rings is 1. The van der Waals surface area contributed by atoms with Gasteiger partial charge in [-0.3, -0.25) is 9.89 Å². The van der Waals surface area contributed by atoms with Crippen molar-refractivity contribution in [1.82, 2.24) is 15.1 Å². The van der Waals surface area contributed by atoms with Gasteiger partial charge >= 0.3 is 0 Å². The number of hydrogen-bond donors (Lipinski definition) is 2. The van der Waals surface area contributed by atoms with Crippen LogP contribution in [0.15, 0.2) is 29.3 Å². The standard InChI is InChI=1S/C21H34N4O/c1-3-22-21(25-11-6-7-17(2)14-25)23-13-20(26)16-24-12-10-18-8-4-5-9-19(18)15-24/h4-5,8-9,17,20,26H,3,6-7,10-16H2,1-2H3,(H,22,23). The Labute approximate surface area is 158 Å². The zero-order valence-corrected chi connectivity index (χ0v) is 16.3. The Morgan fingerprint density at radius 3 is 2.88 bits per heavy atom. The van der Waals surface area contributed by atoms with Crippen molar-refractivity contribution in [3.8, 4) is 0 Å². The van der Waals surface area contributed by atoms with Crippen molar-refractivity contribution in [3.63, 3.8) is 0 Å². The van der Waals surface area contributed by atoms with Crippen LogP contribution in [-0.4, -0.2) is 66.2 Å². The van der Waals surface area contributed by atoms with Gasteiger partial charge in [-0.2, -0.15) is 0 Å². The molecule has 0 aromatic heterocycles. The molecule has 1 aromatic carbocycles. The molecule has 0 radical (unpaired) electrons. The fourth-order valence-electron chi connectivity index (χ4n) is 4.07. The molecule has 2 aliphatic rings. The molecule has 0 bridgehead atoms. The summed E-state index contributed by atoms with van der Waals surface area (Å²) in [6.07, 6.45) is 3.17. The smallest absolute Gasteiger partial charge is 0.194 e. The summed E-state index contributed by atoms with van der Waals surface area (Å²) >= 11 is 0. The van der Waals surface area contributed by atoms with Crippen molar-refractivity contribution < 1.29 is 5.11 Å². The molecule has 0 amide bonds. The highest BCUT2D eigenvalue weighted by atomic mass is 16.3. The van der Waals surface area contributed by atoms with Crippen LogP contribution >= 0.6 is 0 Å². The monoisotopic (exact) mass is 358 g/mol. The summed E-state index contributed by atoms with van der Waals surface area (Å²) in [5, 5.41) is 13.9. The molecule has 2 N–H and O–H groups in total. The number of benzene rings is 1. The van der Waals surface area contributed by atoms with E-state index in [1.54, 1.807) is 0 Å². The van der Waals surface area contributed by atoms with E-state index in [1.807, 2.05) is 0 Å². The van der Waals surface area contributed by atoms with Gasteiger partial charge in [0.05, 0.1) is 12.6 Å². The highest BCUT2D eigenvalue weighted by Gasteiger charge is 2.21. The Morgan fingerprint density at radius 2 is 2.12 bits per heavy atom. The molecule has 0 saturated carbocycles. The highest BCUT2D eigenvalue weighted by Crippen LogP contribution is 2.19. The summed E-state index contributed by atoms with van der Waals surface area (Å²) in [6, 6.07) is 8.63. The second-order valence-corrected chi connectivity index (χ2v) is 7.80. The lowest BCUT2D eigenvalue weighted by Crippen LogP contribution is -2.46. The molecular formula is C21H34N4O. The van der Waals surface area contributed by atoms with Crippen LogP contribution in [0.3, 0.4) is 0 Å². The Morgan fingerprint density at radius 1 is 1.31 bits per heavy atom. The van der Waals surface area contributed by atoms with Crippen LogP contribution < -0.4 is 5.32 Å². The minimum atomic E-state index is -0.420. The maximum absolute atomic E-state index is 10.5. The SMILES string of the molecule is CCNC(=NCC(O)CN1CCc2ccccc2C1)N1CCCC(C)C1. The maximum Gasteiger partial charge on any atom is 0.194 e. The van der Waals surface area contributed by atoms with Crippen molar-refractivity contribution in [1.29, 1.82) is 0 Å². The quantitative estimate of drug-likeness (QED) is 0.625. The van der Waals surface area contributed by atoms with Crippen LogP contribution in [-0.2, 0) is 13.0 Å². The van der Waals surface area contributed by atoms with Gasteiger partial charge in [0.1, 0.15) is 0 Å². The van der Waals surface area contributed by atoms with Gasteiger partial charge in [-0.05, 0) is 43.2 Å². The number of aliphatic hydroxyl groups excluding tert-OH is 1. The summed E-state index contributed by atoms with van der Waals surface area (Å²) in [7, 11) is 0. The molecule has 0 aliphatic carbocycles. The number of nitrogens with zero attached hydrogens (tertiary/aromatic N) is 3. The first-order valence-electron chi connectivity index (χ1n) is 10.2. The molecule has 2 unspecified atom stereocenters. The van der Waals surface area contributed by atoms with Gasteiger partial charge in [0, 0.05) is 39.3 Å². The first-order valence-corrected chi connectivity index (χ1v) is 10.2. The van der Waals surface area contributed by atoms with Crippen LogP contribution in [0.2, 0.25) is 0 Å². The van der Waals surface area contributed by atoms with E-state index in [0.29, 0.717) is 19.0 Å². The van der Waals surface area contributed by atoms with Crippen molar-refractivity contribution in [2.24, 2.45) is 10.9 Å². The van der Waals surface area contributed by atoms with Gasteiger partial charge in [-0.15, -0.1) is 0 Å². The lowest BCUT2D eigenvalue weighted by atomic mass is 10.00.